The smallest absolute Gasteiger partial charge is 0.198 e. The van der Waals surface area contributed by atoms with Gasteiger partial charge in [0.05, 0.1) is 38.2 Å². The number of hydrogen-bond acceptors (Lipinski definition) is 5. The van der Waals surface area contributed by atoms with Crippen LogP contribution in [0, 0.1) is 0 Å². The van der Waals surface area contributed by atoms with Crippen LogP contribution >= 0.6 is 11.6 Å². The van der Waals surface area contributed by atoms with E-state index < -0.39 is 21.6 Å². The van der Waals surface area contributed by atoms with E-state index in [1.54, 1.807) is 12.1 Å². The molecule has 0 spiro atoms. The van der Waals surface area contributed by atoms with Crippen molar-refractivity contribution in [2.45, 2.75) is 29.4 Å². The van der Waals surface area contributed by atoms with Crippen LogP contribution in [-0.4, -0.2) is 31.9 Å². The summed E-state index contributed by atoms with van der Waals surface area (Å²) < 4.78 is 28.8. The van der Waals surface area contributed by atoms with Gasteiger partial charge in [0.2, 0.25) is 0 Å². The number of benzene rings is 1. The third-order valence-electron chi connectivity index (χ3n) is 3.90. The average molecular weight is 386 g/mol. The fraction of sp³-hybridized carbons (Fsp3) is 0.375. The fourth-order valence-corrected chi connectivity index (χ4v) is 4.56. The van der Waals surface area contributed by atoms with E-state index in [0.717, 1.165) is 12.8 Å². The molecule has 0 amide bonds. The van der Waals surface area contributed by atoms with Gasteiger partial charge >= 0.3 is 0 Å². The number of hydrogen-bond donors (Lipinski definition) is 0. The van der Waals surface area contributed by atoms with Crippen molar-refractivity contribution in [3.8, 4) is 0 Å². The van der Waals surface area contributed by atoms with E-state index in [9.17, 15) is 13.2 Å². The van der Waals surface area contributed by atoms with E-state index in [4.69, 9.17) is 16.1 Å². The van der Waals surface area contributed by atoms with Crippen LogP contribution in [0.4, 0.5) is 0 Å². The van der Waals surface area contributed by atoms with Gasteiger partial charge in [0.1, 0.15) is 0 Å². The molecular formula is C16H16ClNO4S2. The Morgan fingerprint density at radius 3 is 2.58 bits per heavy atom. The zero-order valence-corrected chi connectivity index (χ0v) is 15.6. The highest BCUT2D eigenvalue weighted by molar-refractivity contribution is 7.84. The maximum Gasteiger partial charge on any atom is 0.198 e. The number of carbonyl (C=O) groups is 1. The number of halogens is 1. The molecule has 1 aromatic heterocycles. The molecular weight excluding hydrogens is 370 g/mol. The van der Waals surface area contributed by atoms with E-state index >= 15 is 0 Å². The molecule has 0 saturated heterocycles. The first-order valence-corrected chi connectivity index (χ1v) is 11.0. The predicted molar refractivity (Wildman–Crippen MR) is 93.5 cm³/mol. The zero-order valence-electron chi connectivity index (χ0n) is 13.2. The SMILES string of the molecule is CS(=O)Cc1c(C(=O)c2cnoc2C2CC2)ccc(S(C)=O)c1Cl. The van der Waals surface area contributed by atoms with Crippen LogP contribution in [0.25, 0.3) is 0 Å². The molecule has 1 aromatic carbocycles. The molecule has 3 rings (SSSR count). The van der Waals surface area contributed by atoms with Gasteiger partial charge in [-0.1, -0.05) is 16.8 Å². The highest BCUT2D eigenvalue weighted by atomic mass is 35.5. The molecule has 0 aliphatic heterocycles. The van der Waals surface area contributed by atoms with E-state index in [2.05, 4.69) is 5.16 Å². The van der Waals surface area contributed by atoms with Crippen LogP contribution in [0.3, 0.4) is 0 Å². The monoisotopic (exact) mass is 385 g/mol. The molecule has 1 aliphatic rings. The van der Waals surface area contributed by atoms with Crippen LogP contribution < -0.4 is 0 Å². The van der Waals surface area contributed by atoms with Crippen LogP contribution in [0.5, 0.6) is 0 Å². The summed E-state index contributed by atoms with van der Waals surface area (Å²) in [5.74, 6) is 0.708. The highest BCUT2D eigenvalue weighted by Gasteiger charge is 2.33. The summed E-state index contributed by atoms with van der Waals surface area (Å²) in [4.78, 5) is 13.4. The van der Waals surface area contributed by atoms with Crippen molar-refractivity contribution in [3.63, 3.8) is 0 Å². The lowest BCUT2D eigenvalue weighted by Crippen LogP contribution is -2.10. The lowest BCUT2D eigenvalue weighted by Gasteiger charge is -2.12. The van der Waals surface area contributed by atoms with Gasteiger partial charge in [0.15, 0.2) is 11.5 Å². The number of ketones is 1. The van der Waals surface area contributed by atoms with Gasteiger partial charge in [-0.2, -0.15) is 0 Å². The van der Waals surface area contributed by atoms with Gasteiger partial charge in [0, 0.05) is 34.8 Å². The Hall–Kier alpha value is -1.31. The Morgan fingerprint density at radius 1 is 1.29 bits per heavy atom. The normalized spacial score (nSPS) is 16.8. The molecule has 2 atom stereocenters. The minimum Gasteiger partial charge on any atom is -0.360 e. The molecule has 24 heavy (non-hydrogen) atoms. The third-order valence-corrected chi connectivity index (χ3v) is 6.10. The van der Waals surface area contributed by atoms with E-state index in [-0.39, 0.29) is 22.5 Å². The molecule has 0 N–H and O–H groups in total. The van der Waals surface area contributed by atoms with Crippen molar-refractivity contribution < 1.29 is 17.7 Å². The molecule has 1 fully saturated rings. The molecule has 1 aliphatic carbocycles. The Labute approximate surface area is 149 Å². The lowest BCUT2D eigenvalue weighted by atomic mass is 9.98. The fourth-order valence-electron chi connectivity index (χ4n) is 2.58. The summed E-state index contributed by atoms with van der Waals surface area (Å²) in [5.41, 5.74) is 1.23. The van der Waals surface area contributed by atoms with Gasteiger partial charge in [-0.05, 0) is 30.5 Å². The van der Waals surface area contributed by atoms with Crippen molar-refractivity contribution >= 4 is 39.0 Å². The third kappa shape index (κ3) is 3.38. The van der Waals surface area contributed by atoms with E-state index in [1.165, 1.54) is 18.7 Å². The van der Waals surface area contributed by atoms with Gasteiger partial charge in [0.25, 0.3) is 0 Å². The molecule has 0 radical (unpaired) electrons. The minimum atomic E-state index is -1.30. The van der Waals surface area contributed by atoms with Crippen molar-refractivity contribution in [3.05, 3.63) is 45.8 Å². The summed E-state index contributed by atoms with van der Waals surface area (Å²) in [6.07, 6.45) is 6.43. The summed E-state index contributed by atoms with van der Waals surface area (Å²) in [6, 6.07) is 3.18. The molecule has 2 aromatic rings. The minimum absolute atomic E-state index is 0.120. The van der Waals surface area contributed by atoms with Crippen molar-refractivity contribution in [2.24, 2.45) is 0 Å². The van der Waals surface area contributed by atoms with Crippen LogP contribution in [0.15, 0.2) is 27.7 Å². The van der Waals surface area contributed by atoms with Gasteiger partial charge < -0.3 is 4.52 Å². The first-order valence-electron chi connectivity index (χ1n) is 7.34. The molecule has 1 heterocycles. The van der Waals surface area contributed by atoms with Crippen LogP contribution in [-0.2, 0) is 27.4 Å². The second kappa shape index (κ2) is 6.90. The summed E-state index contributed by atoms with van der Waals surface area (Å²) in [6.45, 7) is 0. The number of aromatic nitrogens is 1. The quantitative estimate of drug-likeness (QED) is 0.714. The average Bonchev–Trinajstić information content (AvgIpc) is 3.24. The van der Waals surface area contributed by atoms with Crippen molar-refractivity contribution in [1.82, 2.24) is 5.16 Å². The maximum atomic E-state index is 13.0. The predicted octanol–water partition coefficient (Wildman–Crippen LogP) is 3.05. The molecule has 1 saturated carbocycles. The van der Waals surface area contributed by atoms with Crippen molar-refractivity contribution in [1.29, 1.82) is 0 Å². The van der Waals surface area contributed by atoms with Crippen molar-refractivity contribution in [2.75, 3.05) is 12.5 Å². The van der Waals surface area contributed by atoms with Gasteiger partial charge in [-0.25, -0.2) is 0 Å². The number of carbonyl (C=O) groups excluding carboxylic acids is 1. The summed E-state index contributed by atoms with van der Waals surface area (Å²) in [5, 5.41) is 3.99. The highest BCUT2D eigenvalue weighted by Crippen LogP contribution is 2.42. The Bertz CT molecular complexity index is 858. The first kappa shape index (κ1) is 17.5. The second-order valence-corrected chi connectivity index (χ2v) is 8.94. The molecule has 128 valence electrons. The van der Waals surface area contributed by atoms with Gasteiger partial charge in [-0.15, -0.1) is 0 Å². The Kier molecular flexibility index (Phi) is 5.03. The molecule has 5 nitrogen and oxygen atoms in total. The van der Waals surface area contributed by atoms with Gasteiger partial charge in [-0.3, -0.25) is 13.2 Å². The number of nitrogens with zero attached hydrogens (tertiary/aromatic N) is 1. The van der Waals surface area contributed by atoms with E-state index in [0.29, 0.717) is 27.3 Å². The van der Waals surface area contributed by atoms with E-state index in [1.807, 2.05) is 0 Å². The van der Waals surface area contributed by atoms with Crippen LogP contribution in [0.1, 0.15) is 46.0 Å². The first-order chi connectivity index (χ1) is 11.4. The maximum absolute atomic E-state index is 13.0. The topological polar surface area (TPSA) is 77.2 Å². The van der Waals surface area contributed by atoms with Crippen LogP contribution in [0.2, 0.25) is 5.02 Å². The summed E-state index contributed by atoms with van der Waals surface area (Å²) in [7, 11) is -2.50. The standard InChI is InChI=1S/C16H16ClNO4S2/c1-23(20)8-12-10(5-6-13(14(12)17)24(2)21)15(19)11-7-18-22-16(11)9-3-4-9/h5-7,9H,3-4,8H2,1-2H3. The largest absolute Gasteiger partial charge is 0.360 e. The second-order valence-electron chi connectivity index (χ2n) is 5.78. The Balaban J connectivity index is 2.10. The molecule has 0 bridgehead atoms. The zero-order chi connectivity index (χ0) is 17.4. The number of rotatable bonds is 6. The lowest BCUT2D eigenvalue weighted by molar-refractivity contribution is 0.103. The molecule has 8 heteroatoms. The molecule has 2 unspecified atom stereocenters. The summed E-state index contributed by atoms with van der Waals surface area (Å²) >= 11 is 6.35. The Morgan fingerprint density at radius 2 is 2.00 bits per heavy atom.